The largest absolute Gasteiger partial charge is 0.494 e. The molecule has 0 saturated carbocycles. The first kappa shape index (κ1) is 15.2. The van der Waals surface area contributed by atoms with Gasteiger partial charge in [-0.1, -0.05) is 23.8 Å². The van der Waals surface area contributed by atoms with Crippen molar-refractivity contribution in [3.05, 3.63) is 53.6 Å². The number of ether oxygens (including phenoxy) is 2. The zero-order valence-corrected chi connectivity index (χ0v) is 12.8. The summed E-state index contributed by atoms with van der Waals surface area (Å²) >= 11 is 0. The van der Waals surface area contributed by atoms with Crippen LogP contribution in [0.15, 0.2) is 42.5 Å². The van der Waals surface area contributed by atoms with Crippen molar-refractivity contribution in [1.82, 2.24) is 0 Å². The number of benzene rings is 2. The smallest absolute Gasteiger partial charge is 0.124 e. The molecule has 0 radical (unpaired) electrons. The lowest BCUT2D eigenvalue weighted by Gasteiger charge is -2.11. The summed E-state index contributed by atoms with van der Waals surface area (Å²) in [5.74, 6) is 1.79. The molecule has 2 rings (SSSR count). The third-order valence-electron chi connectivity index (χ3n) is 3.41. The number of nitrogens with two attached hydrogens (primary N) is 1. The molecule has 3 nitrogen and oxygen atoms in total. The first-order valence-electron chi connectivity index (χ1n) is 7.34. The number of hydrogen-bond acceptors (Lipinski definition) is 3. The van der Waals surface area contributed by atoms with E-state index in [1.165, 1.54) is 5.56 Å². The highest BCUT2D eigenvalue weighted by Gasteiger charge is 2.01. The Morgan fingerprint density at radius 1 is 0.857 bits per heavy atom. The van der Waals surface area contributed by atoms with Gasteiger partial charge in [0.05, 0.1) is 13.2 Å². The summed E-state index contributed by atoms with van der Waals surface area (Å²) < 4.78 is 11.4. The van der Waals surface area contributed by atoms with Crippen LogP contribution in [0.4, 0.5) is 5.69 Å². The molecule has 112 valence electrons. The number of hydrogen-bond donors (Lipinski definition) is 1. The molecule has 0 aliphatic rings. The van der Waals surface area contributed by atoms with Gasteiger partial charge in [0.2, 0.25) is 0 Å². The zero-order chi connectivity index (χ0) is 15.1. The fraction of sp³-hybridized carbons (Fsp3) is 0.333. The van der Waals surface area contributed by atoms with Gasteiger partial charge in [-0.25, -0.2) is 0 Å². The molecule has 21 heavy (non-hydrogen) atoms. The monoisotopic (exact) mass is 285 g/mol. The predicted molar refractivity (Wildman–Crippen MR) is 87.0 cm³/mol. The second kappa shape index (κ2) is 7.58. The molecule has 0 aliphatic carbocycles. The minimum Gasteiger partial charge on any atom is -0.494 e. The van der Waals surface area contributed by atoms with Crippen LogP contribution in [0.3, 0.4) is 0 Å². The van der Waals surface area contributed by atoms with E-state index in [0.717, 1.165) is 35.6 Å². The Morgan fingerprint density at radius 3 is 2.24 bits per heavy atom. The summed E-state index contributed by atoms with van der Waals surface area (Å²) in [5, 5.41) is 0. The van der Waals surface area contributed by atoms with Crippen molar-refractivity contribution in [2.45, 2.75) is 26.7 Å². The van der Waals surface area contributed by atoms with Gasteiger partial charge < -0.3 is 15.2 Å². The molecule has 0 unspecified atom stereocenters. The van der Waals surface area contributed by atoms with Gasteiger partial charge in [-0.2, -0.15) is 0 Å². The molecule has 2 aromatic rings. The van der Waals surface area contributed by atoms with Crippen LogP contribution < -0.4 is 15.2 Å². The second-order valence-electron chi connectivity index (χ2n) is 5.19. The Bertz CT molecular complexity index is 564. The lowest BCUT2D eigenvalue weighted by Crippen LogP contribution is -2.04. The highest BCUT2D eigenvalue weighted by molar-refractivity contribution is 5.53. The number of anilines is 1. The van der Waals surface area contributed by atoms with Crippen LogP contribution in [-0.2, 0) is 0 Å². The van der Waals surface area contributed by atoms with Crippen molar-refractivity contribution in [3.8, 4) is 11.5 Å². The first-order chi connectivity index (χ1) is 10.2. The lowest BCUT2D eigenvalue weighted by molar-refractivity contribution is 0.265. The van der Waals surface area contributed by atoms with Gasteiger partial charge in [0.15, 0.2) is 0 Å². The lowest BCUT2D eigenvalue weighted by atomic mass is 10.2. The standard InChI is InChI=1S/C18H23NO2/c1-14-8-10-16(11-9-14)20-12-3-4-13-21-18-7-5-6-17(19)15(18)2/h5-11H,3-4,12-13,19H2,1-2H3. The van der Waals surface area contributed by atoms with E-state index in [1.807, 2.05) is 37.3 Å². The van der Waals surface area contributed by atoms with Crippen molar-refractivity contribution in [2.24, 2.45) is 0 Å². The Balaban J connectivity index is 1.64. The molecule has 0 amide bonds. The number of unbranched alkanes of at least 4 members (excludes halogenated alkanes) is 1. The SMILES string of the molecule is Cc1ccc(OCCCCOc2cccc(N)c2C)cc1. The Labute approximate surface area is 126 Å². The summed E-state index contributed by atoms with van der Waals surface area (Å²) in [5.41, 5.74) is 8.87. The summed E-state index contributed by atoms with van der Waals surface area (Å²) in [6.45, 7) is 5.44. The second-order valence-corrected chi connectivity index (χ2v) is 5.19. The van der Waals surface area contributed by atoms with Gasteiger partial charge in [-0.05, 0) is 51.0 Å². The summed E-state index contributed by atoms with van der Waals surface area (Å²) in [4.78, 5) is 0. The molecule has 3 heteroatoms. The van der Waals surface area contributed by atoms with Gasteiger partial charge in [0, 0.05) is 11.3 Å². The molecule has 2 N–H and O–H groups in total. The van der Waals surface area contributed by atoms with Crippen LogP contribution in [0, 0.1) is 13.8 Å². The Hall–Kier alpha value is -2.16. The number of rotatable bonds is 7. The number of aryl methyl sites for hydroxylation is 1. The third kappa shape index (κ3) is 4.71. The summed E-state index contributed by atoms with van der Waals surface area (Å²) in [7, 11) is 0. The van der Waals surface area contributed by atoms with Crippen LogP contribution in [0.2, 0.25) is 0 Å². The van der Waals surface area contributed by atoms with Crippen molar-refractivity contribution in [1.29, 1.82) is 0 Å². The molecule has 0 bridgehead atoms. The predicted octanol–water partition coefficient (Wildman–Crippen LogP) is 4.12. The van der Waals surface area contributed by atoms with E-state index in [-0.39, 0.29) is 0 Å². The molecule has 2 aromatic carbocycles. The van der Waals surface area contributed by atoms with Crippen molar-refractivity contribution in [3.63, 3.8) is 0 Å². The summed E-state index contributed by atoms with van der Waals surface area (Å²) in [6, 6.07) is 13.9. The zero-order valence-electron chi connectivity index (χ0n) is 12.8. The molecule has 0 aliphatic heterocycles. The minimum atomic E-state index is 0.682. The molecular formula is C18H23NO2. The number of nitrogen functional groups attached to an aromatic ring is 1. The van der Waals surface area contributed by atoms with Gasteiger partial charge in [0.25, 0.3) is 0 Å². The van der Waals surface area contributed by atoms with E-state index in [0.29, 0.717) is 13.2 Å². The Morgan fingerprint density at radius 2 is 1.52 bits per heavy atom. The van der Waals surface area contributed by atoms with Crippen LogP contribution in [0.25, 0.3) is 0 Å². The van der Waals surface area contributed by atoms with E-state index >= 15 is 0 Å². The maximum absolute atomic E-state index is 5.85. The van der Waals surface area contributed by atoms with Crippen molar-refractivity contribution >= 4 is 5.69 Å². The average molecular weight is 285 g/mol. The van der Waals surface area contributed by atoms with Gasteiger partial charge >= 0.3 is 0 Å². The van der Waals surface area contributed by atoms with Gasteiger partial charge in [-0.3, -0.25) is 0 Å². The third-order valence-corrected chi connectivity index (χ3v) is 3.41. The molecular weight excluding hydrogens is 262 g/mol. The van der Waals surface area contributed by atoms with E-state index in [9.17, 15) is 0 Å². The maximum Gasteiger partial charge on any atom is 0.124 e. The molecule has 0 heterocycles. The van der Waals surface area contributed by atoms with Crippen molar-refractivity contribution in [2.75, 3.05) is 18.9 Å². The van der Waals surface area contributed by atoms with Crippen LogP contribution >= 0.6 is 0 Å². The van der Waals surface area contributed by atoms with Crippen LogP contribution in [0.1, 0.15) is 24.0 Å². The molecule has 0 aromatic heterocycles. The average Bonchev–Trinajstić information content (AvgIpc) is 2.49. The van der Waals surface area contributed by atoms with E-state index < -0.39 is 0 Å². The van der Waals surface area contributed by atoms with E-state index in [4.69, 9.17) is 15.2 Å². The quantitative estimate of drug-likeness (QED) is 0.614. The summed E-state index contributed by atoms with van der Waals surface area (Å²) in [6.07, 6.45) is 1.93. The first-order valence-corrected chi connectivity index (χ1v) is 7.34. The van der Waals surface area contributed by atoms with E-state index in [1.54, 1.807) is 0 Å². The van der Waals surface area contributed by atoms with Crippen molar-refractivity contribution < 1.29 is 9.47 Å². The maximum atomic E-state index is 5.85. The fourth-order valence-electron chi connectivity index (χ4n) is 2.00. The van der Waals surface area contributed by atoms with Crippen LogP contribution in [-0.4, -0.2) is 13.2 Å². The molecule has 0 saturated heterocycles. The van der Waals surface area contributed by atoms with E-state index in [2.05, 4.69) is 19.1 Å². The molecule has 0 fully saturated rings. The minimum absolute atomic E-state index is 0.682. The highest BCUT2D eigenvalue weighted by Crippen LogP contribution is 2.23. The van der Waals surface area contributed by atoms with Gasteiger partial charge in [-0.15, -0.1) is 0 Å². The molecule has 0 spiro atoms. The molecule has 0 atom stereocenters. The normalized spacial score (nSPS) is 10.4. The Kier molecular flexibility index (Phi) is 5.50. The fourth-order valence-corrected chi connectivity index (χ4v) is 2.00. The van der Waals surface area contributed by atoms with Crippen LogP contribution in [0.5, 0.6) is 11.5 Å². The highest BCUT2D eigenvalue weighted by atomic mass is 16.5. The van der Waals surface area contributed by atoms with Gasteiger partial charge in [0.1, 0.15) is 11.5 Å². The topological polar surface area (TPSA) is 44.5 Å².